The Bertz CT molecular complexity index is 793. The smallest absolute Gasteiger partial charge is 0.225 e. The van der Waals surface area contributed by atoms with Crippen molar-refractivity contribution in [3.05, 3.63) is 51.7 Å². The second kappa shape index (κ2) is 8.40. The molecule has 2 aromatic rings. The predicted octanol–water partition coefficient (Wildman–Crippen LogP) is 2.90. The van der Waals surface area contributed by atoms with Gasteiger partial charge in [0.25, 0.3) is 0 Å². The molecule has 0 bridgehead atoms. The Kier molecular flexibility index (Phi) is 5.98. The van der Waals surface area contributed by atoms with Crippen molar-refractivity contribution >= 4 is 23.2 Å². The summed E-state index contributed by atoms with van der Waals surface area (Å²) in [5.74, 6) is -0.621. The first-order chi connectivity index (χ1) is 12.5. The molecule has 1 aliphatic heterocycles. The molecular weight excluding hydrogens is 353 g/mol. The normalized spacial score (nSPS) is 17.4. The van der Waals surface area contributed by atoms with Crippen molar-refractivity contribution in [1.82, 2.24) is 15.2 Å². The minimum Gasteiger partial charge on any atom is -0.349 e. The van der Waals surface area contributed by atoms with Crippen LogP contribution in [0.25, 0.3) is 0 Å². The zero-order valence-electron chi connectivity index (χ0n) is 14.7. The molecule has 0 aliphatic carbocycles. The Balaban J connectivity index is 1.56. The third kappa shape index (κ3) is 4.66. The molecule has 1 aromatic carbocycles. The highest BCUT2D eigenvalue weighted by atomic mass is 32.1. The standard InChI is InChI=1S/C19H22FN3O2S/c1-2-16-12-26-17(22-16)9-21-19(25)14-6-7-18(24)23(11-14)10-13-4-3-5-15(20)8-13/h3-5,8,12,14H,2,6-7,9-11H2,1H3,(H,21,25)/t14-/m1/s1. The van der Waals surface area contributed by atoms with Gasteiger partial charge in [-0.3, -0.25) is 9.59 Å². The highest BCUT2D eigenvalue weighted by Crippen LogP contribution is 2.21. The summed E-state index contributed by atoms with van der Waals surface area (Å²) in [4.78, 5) is 30.7. The molecular formula is C19H22FN3O2S. The van der Waals surface area contributed by atoms with Gasteiger partial charge in [-0.1, -0.05) is 19.1 Å². The van der Waals surface area contributed by atoms with Crippen LogP contribution in [0.4, 0.5) is 4.39 Å². The van der Waals surface area contributed by atoms with E-state index < -0.39 is 0 Å². The van der Waals surface area contributed by atoms with Crippen LogP contribution in [-0.2, 0) is 29.1 Å². The van der Waals surface area contributed by atoms with E-state index in [1.165, 1.54) is 12.1 Å². The zero-order chi connectivity index (χ0) is 18.5. The summed E-state index contributed by atoms with van der Waals surface area (Å²) in [6.45, 7) is 3.15. The molecule has 7 heteroatoms. The number of likely N-dealkylation sites (tertiary alicyclic amines) is 1. The number of piperidine rings is 1. The van der Waals surface area contributed by atoms with Crippen molar-refractivity contribution in [3.63, 3.8) is 0 Å². The van der Waals surface area contributed by atoms with Crippen LogP contribution in [0.15, 0.2) is 29.6 Å². The largest absolute Gasteiger partial charge is 0.349 e. The molecule has 0 unspecified atom stereocenters. The molecule has 26 heavy (non-hydrogen) atoms. The molecule has 138 valence electrons. The number of benzene rings is 1. The first-order valence-electron chi connectivity index (χ1n) is 8.78. The molecule has 0 radical (unpaired) electrons. The predicted molar refractivity (Wildman–Crippen MR) is 97.9 cm³/mol. The Morgan fingerprint density at radius 2 is 2.31 bits per heavy atom. The molecule has 1 aromatic heterocycles. The van der Waals surface area contributed by atoms with E-state index in [1.54, 1.807) is 28.4 Å². The Labute approximate surface area is 156 Å². The fourth-order valence-electron chi connectivity index (χ4n) is 3.04. The Morgan fingerprint density at radius 1 is 1.46 bits per heavy atom. The molecule has 1 fully saturated rings. The third-order valence-corrected chi connectivity index (χ3v) is 5.41. The minimum atomic E-state index is -0.323. The van der Waals surface area contributed by atoms with Crippen molar-refractivity contribution in [2.45, 2.75) is 39.3 Å². The number of nitrogens with one attached hydrogen (secondary N) is 1. The van der Waals surface area contributed by atoms with Crippen molar-refractivity contribution in [1.29, 1.82) is 0 Å². The van der Waals surface area contributed by atoms with E-state index in [-0.39, 0.29) is 23.5 Å². The molecule has 1 N–H and O–H groups in total. The average Bonchev–Trinajstić information content (AvgIpc) is 3.10. The monoisotopic (exact) mass is 375 g/mol. The number of nitrogens with zero attached hydrogens (tertiary/aromatic N) is 2. The number of hydrogen-bond acceptors (Lipinski definition) is 4. The van der Waals surface area contributed by atoms with Crippen LogP contribution in [0.1, 0.15) is 36.0 Å². The van der Waals surface area contributed by atoms with Crippen molar-refractivity contribution in [2.75, 3.05) is 6.54 Å². The SMILES string of the molecule is CCc1csc(CNC(=O)[C@@H]2CCC(=O)N(Cc3cccc(F)c3)C2)n1. The van der Waals surface area contributed by atoms with Crippen LogP contribution >= 0.6 is 11.3 Å². The van der Waals surface area contributed by atoms with Crippen LogP contribution in [0.2, 0.25) is 0 Å². The number of aromatic nitrogens is 1. The van der Waals surface area contributed by atoms with Crippen molar-refractivity contribution in [3.8, 4) is 0 Å². The number of carbonyl (C=O) groups is 2. The summed E-state index contributed by atoms with van der Waals surface area (Å²) in [7, 11) is 0. The molecule has 2 heterocycles. The van der Waals surface area contributed by atoms with E-state index in [4.69, 9.17) is 0 Å². The van der Waals surface area contributed by atoms with Gasteiger partial charge in [0.15, 0.2) is 0 Å². The summed E-state index contributed by atoms with van der Waals surface area (Å²) in [5.41, 5.74) is 1.76. The molecule has 1 aliphatic rings. The van der Waals surface area contributed by atoms with Gasteiger partial charge in [-0.2, -0.15) is 0 Å². The van der Waals surface area contributed by atoms with Gasteiger partial charge in [-0.15, -0.1) is 11.3 Å². The molecule has 3 rings (SSSR count). The molecule has 2 amide bonds. The van der Waals surface area contributed by atoms with Crippen molar-refractivity contribution in [2.24, 2.45) is 5.92 Å². The van der Waals surface area contributed by atoms with E-state index >= 15 is 0 Å². The summed E-state index contributed by atoms with van der Waals surface area (Å²) >= 11 is 1.54. The maximum absolute atomic E-state index is 13.3. The fourth-order valence-corrected chi connectivity index (χ4v) is 3.85. The quantitative estimate of drug-likeness (QED) is 0.844. The summed E-state index contributed by atoms with van der Waals surface area (Å²) in [5, 5.41) is 5.81. The second-order valence-corrected chi connectivity index (χ2v) is 7.39. The third-order valence-electron chi connectivity index (χ3n) is 4.51. The van der Waals surface area contributed by atoms with Gasteiger partial charge in [0.2, 0.25) is 11.8 Å². The van der Waals surface area contributed by atoms with Gasteiger partial charge in [0.1, 0.15) is 10.8 Å². The number of aryl methyl sites for hydroxylation is 1. The van der Waals surface area contributed by atoms with Crippen molar-refractivity contribution < 1.29 is 14.0 Å². The number of hydrogen-bond donors (Lipinski definition) is 1. The first-order valence-corrected chi connectivity index (χ1v) is 9.66. The van der Waals surface area contributed by atoms with E-state index in [2.05, 4.69) is 10.3 Å². The van der Waals surface area contributed by atoms with Gasteiger partial charge in [0.05, 0.1) is 18.2 Å². The lowest BCUT2D eigenvalue weighted by atomic mass is 9.96. The Morgan fingerprint density at radius 3 is 3.04 bits per heavy atom. The number of thiazole rings is 1. The number of halogens is 1. The second-order valence-electron chi connectivity index (χ2n) is 6.44. The van der Waals surface area contributed by atoms with E-state index in [0.717, 1.165) is 22.7 Å². The molecule has 1 atom stereocenters. The van der Waals surface area contributed by atoms with Crippen LogP contribution in [0.3, 0.4) is 0 Å². The zero-order valence-corrected chi connectivity index (χ0v) is 15.5. The average molecular weight is 375 g/mol. The lowest BCUT2D eigenvalue weighted by Crippen LogP contribution is -2.45. The molecule has 1 saturated heterocycles. The number of carbonyl (C=O) groups excluding carboxylic acids is 2. The Hall–Kier alpha value is -2.28. The topological polar surface area (TPSA) is 62.3 Å². The van der Waals surface area contributed by atoms with Crippen LogP contribution in [0, 0.1) is 11.7 Å². The van der Waals surface area contributed by atoms with Gasteiger partial charge < -0.3 is 10.2 Å². The lowest BCUT2D eigenvalue weighted by Gasteiger charge is -2.32. The van der Waals surface area contributed by atoms with Gasteiger partial charge in [-0.25, -0.2) is 9.37 Å². The fraction of sp³-hybridized carbons (Fsp3) is 0.421. The maximum atomic E-state index is 13.3. The lowest BCUT2D eigenvalue weighted by molar-refractivity contribution is -0.139. The summed E-state index contributed by atoms with van der Waals surface area (Å²) in [6.07, 6.45) is 1.76. The maximum Gasteiger partial charge on any atom is 0.225 e. The highest BCUT2D eigenvalue weighted by molar-refractivity contribution is 7.09. The van der Waals surface area contributed by atoms with Crippen LogP contribution < -0.4 is 5.32 Å². The van der Waals surface area contributed by atoms with E-state index in [0.29, 0.717) is 32.5 Å². The molecule has 0 spiro atoms. The van der Waals surface area contributed by atoms with Crippen LogP contribution in [0.5, 0.6) is 0 Å². The van der Waals surface area contributed by atoms with Crippen LogP contribution in [-0.4, -0.2) is 28.2 Å². The number of rotatable bonds is 6. The highest BCUT2D eigenvalue weighted by Gasteiger charge is 2.30. The first kappa shape index (κ1) is 18.5. The molecule has 0 saturated carbocycles. The van der Waals surface area contributed by atoms with Gasteiger partial charge in [0, 0.05) is 24.9 Å². The van der Waals surface area contributed by atoms with Gasteiger partial charge >= 0.3 is 0 Å². The molecule has 5 nitrogen and oxygen atoms in total. The number of amides is 2. The van der Waals surface area contributed by atoms with E-state index in [9.17, 15) is 14.0 Å². The summed E-state index contributed by atoms with van der Waals surface area (Å²) < 4.78 is 13.3. The minimum absolute atomic E-state index is 0.00539. The van der Waals surface area contributed by atoms with E-state index in [1.807, 2.05) is 12.3 Å². The van der Waals surface area contributed by atoms with Gasteiger partial charge in [-0.05, 0) is 30.5 Å². The summed E-state index contributed by atoms with van der Waals surface area (Å²) in [6, 6.07) is 6.21.